The Labute approximate surface area is 117 Å². The quantitative estimate of drug-likeness (QED) is 0.841. The number of piperazine rings is 1. The molecule has 0 bridgehead atoms. The van der Waals surface area contributed by atoms with Crippen LogP contribution in [0.2, 0.25) is 0 Å². The van der Waals surface area contributed by atoms with Crippen LogP contribution in [-0.4, -0.2) is 37.1 Å². The fourth-order valence-corrected chi connectivity index (χ4v) is 2.94. The van der Waals surface area contributed by atoms with Crippen molar-refractivity contribution in [3.05, 3.63) is 28.2 Å². The summed E-state index contributed by atoms with van der Waals surface area (Å²) in [6, 6.07) is 8.60. The summed E-state index contributed by atoms with van der Waals surface area (Å²) in [5.41, 5.74) is 1.89. The van der Waals surface area contributed by atoms with Crippen LogP contribution in [0.1, 0.15) is 19.4 Å². The molecule has 0 unspecified atom stereocenters. The first-order chi connectivity index (χ1) is 8.61. The average Bonchev–Trinajstić information content (AvgIpc) is 2.38. The molecular formula is C14H18BrN3. The minimum absolute atomic E-state index is 0.622. The molecule has 1 heterocycles. The molecule has 4 heteroatoms. The Hall–Kier alpha value is -1.05. The molecule has 2 rings (SSSR count). The van der Waals surface area contributed by atoms with Crippen molar-refractivity contribution in [2.24, 2.45) is 0 Å². The maximum Gasteiger partial charge on any atom is 0.0992 e. The van der Waals surface area contributed by atoms with Crippen molar-refractivity contribution >= 4 is 21.6 Å². The summed E-state index contributed by atoms with van der Waals surface area (Å²) >= 11 is 3.56. The minimum Gasteiger partial charge on any atom is -0.368 e. The second-order valence-corrected chi connectivity index (χ2v) is 5.75. The first-order valence-corrected chi connectivity index (χ1v) is 7.10. The highest BCUT2D eigenvalue weighted by molar-refractivity contribution is 9.10. The van der Waals surface area contributed by atoms with Gasteiger partial charge in [0, 0.05) is 36.7 Å². The lowest BCUT2D eigenvalue weighted by molar-refractivity contribution is 0.209. The van der Waals surface area contributed by atoms with Gasteiger partial charge in [0.15, 0.2) is 0 Å². The molecule has 0 N–H and O–H groups in total. The number of hydrogen-bond donors (Lipinski definition) is 0. The van der Waals surface area contributed by atoms with Crippen LogP contribution in [0.4, 0.5) is 5.69 Å². The van der Waals surface area contributed by atoms with Gasteiger partial charge in [-0.3, -0.25) is 4.90 Å². The van der Waals surface area contributed by atoms with Crippen LogP contribution < -0.4 is 4.90 Å². The van der Waals surface area contributed by atoms with Crippen LogP contribution in [-0.2, 0) is 0 Å². The largest absolute Gasteiger partial charge is 0.368 e. The monoisotopic (exact) mass is 307 g/mol. The molecule has 0 atom stereocenters. The summed E-state index contributed by atoms with van der Waals surface area (Å²) in [7, 11) is 0. The van der Waals surface area contributed by atoms with Gasteiger partial charge in [-0.1, -0.05) is 0 Å². The summed E-state index contributed by atoms with van der Waals surface area (Å²) in [6.07, 6.45) is 0. The third-order valence-electron chi connectivity index (χ3n) is 3.46. The van der Waals surface area contributed by atoms with Crippen LogP contribution in [0.3, 0.4) is 0 Å². The van der Waals surface area contributed by atoms with Gasteiger partial charge in [-0.2, -0.15) is 5.26 Å². The predicted octanol–water partition coefficient (Wildman–Crippen LogP) is 2.85. The summed E-state index contributed by atoms with van der Waals surface area (Å²) in [5, 5.41) is 8.87. The molecule has 3 nitrogen and oxygen atoms in total. The van der Waals surface area contributed by atoms with Gasteiger partial charge in [0.2, 0.25) is 0 Å². The molecule has 1 aromatic carbocycles. The fraction of sp³-hybridized carbons (Fsp3) is 0.500. The van der Waals surface area contributed by atoms with Gasteiger partial charge in [0.1, 0.15) is 0 Å². The van der Waals surface area contributed by atoms with E-state index in [0.717, 1.165) is 30.7 Å². The standard InChI is InChI=1S/C14H18BrN3/c1-11(2)17-5-7-18(8-6-17)14-4-3-12(10-16)9-13(14)15/h3-4,9,11H,5-8H2,1-2H3. The Morgan fingerprint density at radius 1 is 1.22 bits per heavy atom. The first-order valence-electron chi connectivity index (χ1n) is 6.30. The van der Waals surface area contributed by atoms with E-state index in [-0.39, 0.29) is 0 Å². The van der Waals surface area contributed by atoms with Crippen molar-refractivity contribution in [2.45, 2.75) is 19.9 Å². The zero-order valence-corrected chi connectivity index (χ0v) is 12.4. The number of anilines is 1. The van der Waals surface area contributed by atoms with Crippen molar-refractivity contribution in [3.63, 3.8) is 0 Å². The second kappa shape index (κ2) is 5.73. The number of hydrogen-bond acceptors (Lipinski definition) is 3. The third kappa shape index (κ3) is 2.85. The Morgan fingerprint density at radius 3 is 2.39 bits per heavy atom. The van der Waals surface area contributed by atoms with Gasteiger partial charge in [-0.25, -0.2) is 0 Å². The van der Waals surface area contributed by atoms with Gasteiger partial charge < -0.3 is 4.90 Å². The molecule has 0 spiro atoms. The maximum absolute atomic E-state index is 8.87. The Kier molecular flexibility index (Phi) is 4.26. The normalized spacial score (nSPS) is 16.9. The highest BCUT2D eigenvalue weighted by Gasteiger charge is 2.20. The molecule has 1 saturated heterocycles. The molecule has 1 aliphatic heterocycles. The lowest BCUT2D eigenvalue weighted by Gasteiger charge is -2.38. The smallest absolute Gasteiger partial charge is 0.0992 e. The Morgan fingerprint density at radius 2 is 1.89 bits per heavy atom. The number of halogens is 1. The summed E-state index contributed by atoms with van der Waals surface area (Å²) < 4.78 is 1.01. The second-order valence-electron chi connectivity index (χ2n) is 4.89. The topological polar surface area (TPSA) is 30.3 Å². The maximum atomic E-state index is 8.87. The van der Waals surface area contributed by atoms with Crippen molar-refractivity contribution < 1.29 is 0 Å². The molecule has 0 radical (unpaired) electrons. The average molecular weight is 308 g/mol. The molecule has 0 amide bonds. The van der Waals surface area contributed by atoms with E-state index in [2.05, 4.69) is 45.6 Å². The zero-order chi connectivity index (χ0) is 13.1. The molecule has 1 fully saturated rings. The van der Waals surface area contributed by atoms with E-state index in [9.17, 15) is 0 Å². The fourth-order valence-electron chi connectivity index (χ4n) is 2.31. The molecule has 18 heavy (non-hydrogen) atoms. The van der Waals surface area contributed by atoms with Gasteiger partial charge in [0.25, 0.3) is 0 Å². The number of rotatable bonds is 2. The summed E-state index contributed by atoms with van der Waals surface area (Å²) in [6.45, 7) is 8.78. The SMILES string of the molecule is CC(C)N1CCN(c2ccc(C#N)cc2Br)CC1. The van der Waals surface area contributed by atoms with Crippen LogP contribution >= 0.6 is 15.9 Å². The number of benzene rings is 1. The van der Waals surface area contributed by atoms with E-state index in [4.69, 9.17) is 5.26 Å². The number of nitriles is 1. The van der Waals surface area contributed by atoms with Gasteiger partial charge >= 0.3 is 0 Å². The van der Waals surface area contributed by atoms with Crippen LogP contribution in [0, 0.1) is 11.3 Å². The Bertz CT molecular complexity index is 457. The van der Waals surface area contributed by atoms with Gasteiger partial charge in [-0.05, 0) is 48.0 Å². The van der Waals surface area contributed by atoms with Crippen molar-refractivity contribution in [2.75, 3.05) is 31.1 Å². The molecule has 0 saturated carbocycles. The Balaban J connectivity index is 2.08. The van der Waals surface area contributed by atoms with E-state index >= 15 is 0 Å². The highest BCUT2D eigenvalue weighted by atomic mass is 79.9. The van der Waals surface area contributed by atoms with Crippen LogP contribution in [0.5, 0.6) is 0 Å². The van der Waals surface area contributed by atoms with Crippen molar-refractivity contribution in [1.82, 2.24) is 4.90 Å². The summed E-state index contributed by atoms with van der Waals surface area (Å²) in [5.74, 6) is 0. The van der Waals surface area contributed by atoms with E-state index < -0.39 is 0 Å². The minimum atomic E-state index is 0.622. The molecule has 1 aliphatic rings. The lowest BCUT2D eigenvalue weighted by atomic mass is 10.2. The predicted molar refractivity (Wildman–Crippen MR) is 77.8 cm³/mol. The third-order valence-corrected chi connectivity index (χ3v) is 4.10. The summed E-state index contributed by atoms with van der Waals surface area (Å²) in [4.78, 5) is 4.87. The molecule has 0 aromatic heterocycles. The first kappa shape index (κ1) is 13.4. The van der Waals surface area contributed by atoms with Gasteiger partial charge in [-0.15, -0.1) is 0 Å². The molecule has 1 aromatic rings. The highest BCUT2D eigenvalue weighted by Crippen LogP contribution is 2.28. The van der Waals surface area contributed by atoms with Crippen LogP contribution in [0.15, 0.2) is 22.7 Å². The van der Waals surface area contributed by atoms with E-state index in [1.54, 1.807) is 0 Å². The van der Waals surface area contributed by atoms with Gasteiger partial charge in [0.05, 0.1) is 17.3 Å². The lowest BCUT2D eigenvalue weighted by Crippen LogP contribution is -2.49. The van der Waals surface area contributed by atoms with E-state index in [1.807, 2.05) is 18.2 Å². The van der Waals surface area contributed by atoms with Crippen molar-refractivity contribution in [3.8, 4) is 6.07 Å². The molecular weight excluding hydrogens is 290 g/mol. The zero-order valence-electron chi connectivity index (χ0n) is 10.9. The van der Waals surface area contributed by atoms with Crippen LogP contribution in [0.25, 0.3) is 0 Å². The van der Waals surface area contributed by atoms with Crippen molar-refractivity contribution in [1.29, 1.82) is 5.26 Å². The molecule has 0 aliphatic carbocycles. The van der Waals surface area contributed by atoms with E-state index in [1.165, 1.54) is 5.69 Å². The number of nitrogens with zero attached hydrogens (tertiary/aromatic N) is 3. The van der Waals surface area contributed by atoms with E-state index in [0.29, 0.717) is 11.6 Å². The molecule has 96 valence electrons.